The second kappa shape index (κ2) is 4.33. The third kappa shape index (κ3) is 2.39. The maximum atomic E-state index is 12.1. The number of rotatable bonds is 5. The first-order chi connectivity index (χ1) is 9.29. The van der Waals surface area contributed by atoms with Gasteiger partial charge in [-0.25, -0.2) is 0 Å². The van der Waals surface area contributed by atoms with Gasteiger partial charge < -0.3 is 14.2 Å². The predicted octanol–water partition coefficient (Wildman–Crippen LogP) is 1.24. The fraction of sp³-hybridized carbons (Fsp3) is 0.462. The summed E-state index contributed by atoms with van der Waals surface area (Å²) in [4.78, 5) is 12.1. The van der Waals surface area contributed by atoms with Crippen LogP contribution in [-0.4, -0.2) is 36.0 Å². The number of fused-ring (bicyclic) bond motifs is 1. The summed E-state index contributed by atoms with van der Waals surface area (Å²) in [6, 6.07) is 5.60. The van der Waals surface area contributed by atoms with E-state index in [-0.39, 0.29) is 17.8 Å². The van der Waals surface area contributed by atoms with Gasteiger partial charge in [0.15, 0.2) is 0 Å². The van der Waals surface area contributed by atoms with Gasteiger partial charge in [0.05, 0.1) is 35.9 Å². The molecule has 6 heteroatoms. The Morgan fingerprint density at radius 3 is 2.84 bits per heavy atom. The van der Waals surface area contributed by atoms with Gasteiger partial charge in [-0.05, 0) is 18.2 Å². The molecule has 1 aromatic carbocycles. The smallest absolute Gasteiger partial charge is 0.268 e. The standard InChI is InChI=1S/C13H13NO4S/c15-13-11-2-1-8(16-6-10-7-18-10)3-12(11)19-14(13)4-9-5-17-9/h1-3,9-10H,4-7H2. The van der Waals surface area contributed by atoms with Crippen molar-refractivity contribution in [1.82, 2.24) is 3.96 Å². The highest BCUT2D eigenvalue weighted by atomic mass is 32.1. The lowest BCUT2D eigenvalue weighted by Gasteiger charge is -2.02. The number of aromatic nitrogens is 1. The summed E-state index contributed by atoms with van der Waals surface area (Å²) in [5, 5.41) is 0.751. The minimum Gasteiger partial charge on any atom is -0.491 e. The first-order valence-corrected chi connectivity index (χ1v) is 7.07. The highest BCUT2D eigenvalue weighted by molar-refractivity contribution is 7.13. The van der Waals surface area contributed by atoms with Crippen molar-refractivity contribution in [2.45, 2.75) is 18.8 Å². The molecule has 5 nitrogen and oxygen atoms in total. The zero-order chi connectivity index (χ0) is 12.8. The average molecular weight is 279 g/mol. The maximum Gasteiger partial charge on any atom is 0.268 e. The van der Waals surface area contributed by atoms with Gasteiger partial charge in [-0.1, -0.05) is 11.5 Å². The van der Waals surface area contributed by atoms with Crippen LogP contribution in [0.2, 0.25) is 0 Å². The van der Waals surface area contributed by atoms with E-state index < -0.39 is 0 Å². The van der Waals surface area contributed by atoms with Gasteiger partial charge in [0.25, 0.3) is 5.56 Å². The minimum atomic E-state index is 0.0626. The summed E-state index contributed by atoms with van der Waals surface area (Å²) < 4.78 is 18.6. The third-order valence-corrected chi connectivity index (χ3v) is 4.30. The van der Waals surface area contributed by atoms with Crippen LogP contribution in [0.15, 0.2) is 23.0 Å². The van der Waals surface area contributed by atoms with Gasteiger partial charge in [-0.15, -0.1) is 0 Å². The zero-order valence-corrected chi connectivity index (χ0v) is 11.0. The number of hydrogen-bond donors (Lipinski definition) is 0. The highest BCUT2D eigenvalue weighted by Crippen LogP contribution is 2.25. The van der Waals surface area contributed by atoms with Crippen molar-refractivity contribution in [3.05, 3.63) is 28.6 Å². The normalized spacial score (nSPS) is 24.6. The molecule has 2 aromatic rings. The molecule has 2 saturated heterocycles. The molecule has 0 radical (unpaired) electrons. The summed E-state index contributed by atoms with van der Waals surface area (Å²) in [5.41, 5.74) is 0.0626. The van der Waals surface area contributed by atoms with Gasteiger partial charge in [0.2, 0.25) is 0 Å². The largest absolute Gasteiger partial charge is 0.491 e. The Bertz CT molecular complexity index is 669. The van der Waals surface area contributed by atoms with Crippen LogP contribution >= 0.6 is 11.5 Å². The molecule has 2 unspecified atom stereocenters. The van der Waals surface area contributed by atoms with Crippen LogP contribution in [0.3, 0.4) is 0 Å². The van der Waals surface area contributed by atoms with Crippen molar-refractivity contribution < 1.29 is 14.2 Å². The van der Waals surface area contributed by atoms with E-state index in [4.69, 9.17) is 14.2 Å². The summed E-state index contributed by atoms with van der Waals surface area (Å²) in [6.45, 7) is 2.78. The van der Waals surface area contributed by atoms with E-state index in [0.29, 0.717) is 13.2 Å². The lowest BCUT2D eigenvalue weighted by molar-refractivity contribution is 0.263. The Hall–Kier alpha value is -1.37. The molecule has 100 valence electrons. The third-order valence-electron chi connectivity index (χ3n) is 3.23. The van der Waals surface area contributed by atoms with Gasteiger partial charge in [0.1, 0.15) is 18.5 Å². The molecule has 0 aliphatic carbocycles. The first kappa shape index (κ1) is 11.5. The van der Waals surface area contributed by atoms with Crippen LogP contribution in [0.1, 0.15) is 0 Å². The van der Waals surface area contributed by atoms with Crippen molar-refractivity contribution in [2.24, 2.45) is 0 Å². The van der Waals surface area contributed by atoms with Crippen LogP contribution in [0.25, 0.3) is 10.1 Å². The average Bonchev–Trinajstić information content (AvgIpc) is 3.30. The number of hydrogen-bond acceptors (Lipinski definition) is 5. The monoisotopic (exact) mass is 279 g/mol. The van der Waals surface area contributed by atoms with E-state index in [2.05, 4.69) is 0 Å². The van der Waals surface area contributed by atoms with Crippen molar-refractivity contribution in [2.75, 3.05) is 19.8 Å². The van der Waals surface area contributed by atoms with Crippen molar-refractivity contribution in [3.63, 3.8) is 0 Å². The minimum absolute atomic E-state index is 0.0626. The number of benzene rings is 1. The van der Waals surface area contributed by atoms with E-state index in [9.17, 15) is 4.79 Å². The maximum absolute atomic E-state index is 12.1. The first-order valence-electron chi connectivity index (χ1n) is 6.29. The summed E-state index contributed by atoms with van der Waals surface area (Å²) in [5.74, 6) is 0.791. The van der Waals surface area contributed by atoms with Crippen LogP contribution < -0.4 is 10.3 Å². The van der Waals surface area contributed by atoms with Gasteiger partial charge in [0, 0.05) is 0 Å². The van der Waals surface area contributed by atoms with E-state index in [1.165, 1.54) is 11.5 Å². The summed E-state index contributed by atoms with van der Waals surface area (Å²) in [6.07, 6.45) is 0.458. The molecular weight excluding hydrogens is 266 g/mol. The molecule has 2 fully saturated rings. The van der Waals surface area contributed by atoms with Crippen molar-refractivity contribution in [1.29, 1.82) is 0 Å². The molecule has 0 N–H and O–H groups in total. The Balaban J connectivity index is 1.61. The molecule has 0 spiro atoms. The van der Waals surface area contributed by atoms with Crippen molar-refractivity contribution in [3.8, 4) is 5.75 Å². The Labute approximate surface area is 113 Å². The van der Waals surface area contributed by atoms with Crippen LogP contribution in [0.5, 0.6) is 5.75 Å². The second-order valence-corrected chi connectivity index (χ2v) is 5.90. The fourth-order valence-electron chi connectivity index (χ4n) is 1.97. The molecule has 0 bridgehead atoms. The number of nitrogens with zero attached hydrogens (tertiary/aromatic N) is 1. The summed E-state index contributed by atoms with van der Waals surface area (Å²) in [7, 11) is 0. The van der Waals surface area contributed by atoms with Crippen molar-refractivity contribution >= 4 is 21.6 Å². The van der Waals surface area contributed by atoms with Gasteiger partial charge in [-0.2, -0.15) is 0 Å². The Kier molecular flexibility index (Phi) is 2.61. The van der Waals surface area contributed by atoms with Gasteiger partial charge in [-0.3, -0.25) is 8.75 Å². The van der Waals surface area contributed by atoms with Crippen LogP contribution in [0.4, 0.5) is 0 Å². The molecule has 2 aliphatic heterocycles. The van der Waals surface area contributed by atoms with Gasteiger partial charge >= 0.3 is 0 Å². The lowest BCUT2D eigenvalue weighted by atomic mass is 10.2. The number of ether oxygens (including phenoxy) is 3. The molecule has 0 amide bonds. The topological polar surface area (TPSA) is 56.3 Å². The van der Waals surface area contributed by atoms with E-state index in [1.54, 1.807) is 3.96 Å². The molecular formula is C13H13NO4S. The molecule has 4 rings (SSSR count). The van der Waals surface area contributed by atoms with E-state index >= 15 is 0 Å². The second-order valence-electron chi connectivity index (χ2n) is 4.84. The zero-order valence-electron chi connectivity index (χ0n) is 10.2. The Morgan fingerprint density at radius 1 is 1.32 bits per heavy atom. The molecule has 2 atom stereocenters. The quantitative estimate of drug-likeness (QED) is 0.773. The molecule has 2 aliphatic rings. The van der Waals surface area contributed by atoms with E-state index in [0.717, 1.165) is 29.0 Å². The predicted molar refractivity (Wildman–Crippen MR) is 71.1 cm³/mol. The molecule has 3 heterocycles. The molecule has 1 aromatic heterocycles. The summed E-state index contributed by atoms with van der Waals surface area (Å²) >= 11 is 1.47. The molecule has 19 heavy (non-hydrogen) atoms. The van der Waals surface area contributed by atoms with Crippen LogP contribution in [-0.2, 0) is 16.0 Å². The number of epoxide rings is 2. The lowest BCUT2D eigenvalue weighted by Crippen LogP contribution is -2.15. The van der Waals surface area contributed by atoms with Crippen LogP contribution in [0, 0.1) is 0 Å². The Morgan fingerprint density at radius 2 is 2.11 bits per heavy atom. The highest BCUT2D eigenvalue weighted by Gasteiger charge is 2.25. The SMILES string of the molecule is O=c1c2ccc(OCC3CO3)cc2sn1CC1CO1. The molecule has 0 saturated carbocycles. The van der Waals surface area contributed by atoms with E-state index in [1.807, 2.05) is 18.2 Å². The fourth-order valence-corrected chi connectivity index (χ4v) is 3.05.